The summed E-state index contributed by atoms with van der Waals surface area (Å²) < 4.78 is 69.3. The Hall–Kier alpha value is -1.90. The van der Waals surface area contributed by atoms with Crippen molar-refractivity contribution in [1.82, 2.24) is 9.80 Å². The Morgan fingerprint density at radius 3 is 2.06 bits per heavy atom. The van der Waals surface area contributed by atoms with Gasteiger partial charge in [-0.2, -0.15) is 37.7 Å². The molecule has 0 bridgehead atoms. The van der Waals surface area contributed by atoms with Crippen molar-refractivity contribution < 1.29 is 50.9 Å². The highest BCUT2D eigenvalue weighted by atomic mass is 32.1. The van der Waals surface area contributed by atoms with Crippen LogP contribution in [0.2, 0.25) is 0 Å². The normalized spacial score (nSPS) is 22.3. The van der Waals surface area contributed by atoms with E-state index in [2.05, 4.69) is 33.7 Å². The minimum absolute atomic E-state index is 0.376. The van der Waals surface area contributed by atoms with Crippen LogP contribution >= 0.6 is 11.3 Å². The van der Waals surface area contributed by atoms with Crippen molar-refractivity contribution in [2.45, 2.75) is 25.3 Å². The summed E-state index contributed by atoms with van der Waals surface area (Å²) >= 11 is 1.79. The van der Waals surface area contributed by atoms with Crippen LogP contribution in [0.5, 0.6) is 0 Å². The molecule has 184 valence electrons. The summed E-state index contributed by atoms with van der Waals surface area (Å²) in [6, 6.07) is 2.24. The SMILES string of the molecule is CN1CCC2(COCCN(Cc3ccsc3)C2)C1.O=C(O)C(F)(F)F.O=C(O)C(F)(F)F. The fraction of sp³-hybridized carbons (Fsp3) is 0.667. The number of hydrogen-bond donors (Lipinski definition) is 2. The van der Waals surface area contributed by atoms with Gasteiger partial charge in [-0.05, 0) is 42.4 Å². The van der Waals surface area contributed by atoms with E-state index in [1.165, 1.54) is 31.6 Å². The molecule has 2 aliphatic heterocycles. The molecule has 1 aromatic heterocycles. The largest absolute Gasteiger partial charge is 0.490 e. The first-order valence-electron chi connectivity index (χ1n) is 9.24. The van der Waals surface area contributed by atoms with E-state index in [1.807, 2.05) is 0 Å². The Morgan fingerprint density at radius 1 is 1.09 bits per heavy atom. The summed E-state index contributed by atoms with van der Waals surface area (Å²) in [4.78, 5) is 22.8. The zero-order valence-electron chi connectivity index (χ0n) is 17.1. The second-order valence-corrected chi connectivity index (χ2v) is 8.27. The molecule has 1 aromatic rings. The summed E-state index contributed by atoms with van der Waals surface area (Å²) in [5.74, 6) is -5.51. The second kappa shape index (κ2) is 11.8. The van der Waals surface area contributed by atoms with Crippen molar-refractivity contribution in [3.05, 3.63) is 22.4 Å². The van der Waals surface area contributed by atoms with Gasteiger partial charge in [-0.3, -0.25) is 4.90 Å². The lowest BCUT2D eigenvalue weighted by Crippen LogP contribution is -2.39. The van der Waals surface area contributed by atoms with Gasteiger partial charge in [0, 0.05) is 31.6 Å². The molecule has 0 aliphatic carbocycles. The predicted molar refractivity (Wildman–Crippen MR) is 102 cm³/mol. The van der Waals surface area contributed by atoms with E-state index in [-0.39, 0.29) is 0 Å². The molecule has 0 saturated carbocycles. The number of aliphatic carboxylic acids is 2. The van der Waals surface area contributed by atoms with Gasteiger partial charge in [0.1, 0.15) is 0 Å². The average molecular weight is 494 g/mol. The third-order valence-corrected chi connectivity index (χ3v) is 5.35. The Kier molecular flexibility index (Phi) is 10.4. The number of ether oxygens (including phenoxy) is 1. The summed E-state index contributed by atoms with van der Waals surface area (Å²) in [6.45, 7) is 7.57. The molecule has 0 radical (unpaired) electrons. The van der Waals surface area contributed by atoms with Gasteiger partial charge in [0.15, 0.2) is 0 Å². The molecule has 3 heterocycles. The maximum atomic E-state index is 10.6. The van der Waals surface area contributed by atoms with Crippen molar-refractivity contribution in [1.29, 1.82) is 0 Å². The number of hydrogen-bond acceptors (Lipinski definition) is 6. The molecule has 2 aliphatic rings. The van der Waals surface area contributed by atoms with Crippen molar-refractivity contribution >= 4 is 23.3 Å². The van der Waals surface area contributed by atoms with Crippen LogP contribution in [0.15, 0.2) is 16.8 Å². The van der Waals surface area contributed by atoms with Crippen LogP contribution in [-0.2, 0) is 20.9 Å². The molecule has 1 atom stereocenters. The van der Waals surface area contributed by atoms with Gasteiger partial charge >= 0.3 is 24.3 Å². The lowest BCUT2D eigenvalue weighted by Gasteiger charge is -2.31. The third-order valence-electron chi connectivity index (χ3n) is 4.62. The van der Waals surface area contributed by atoms with Gasteiger partial charge in [-0.25, -0.2) is 9.59 Å². The third kappa shape index (κ3) is 10.1. The summed E-state index contributed by atoms with van der Waals surface area (Å²) in [5, 5.41) is 18.7. The molecule has 3 rings (SSSR count). The van der Waals surface area contributed by atoms with Gasteiger partial charge in [0.2, 0.25) is 0 Å². The highest BCUT2D eigenvalue weighted by Crippen LogP contribution is 2.33. The van der Waals surface area contributed by atoms with E-state index < -0.39 is 24.3 Å². The van der Waals surface area contributed by atoms with E-state index >= 15 is 0 Å². The van der Waals surface area contributed by atoms with Crippen LogP contribution < -0.4 is 0 Å². The number of alkyl halides is 6. The quantitative estimate of drug-likeness (QED) is 0.611. The molecular formula is C18H24F6N2O5S. The van der Waals surface area contributed by atoms with Gasteiger partial charge in [0.05, 0.1) is 13.2 Å². The van der Waals surface area contributed by atoms with Crippen molar-refractivity contribution in [3.63, 3.8) is 0 Å². The Labute approximate surface area is 184 Å². The van der Waals surface area contributed by atoms with Crippen LogP contribution in [0.1, 0.15) is 12.0 Å². The number of thiophene rings is 1. The minimum Gasteiger partial charge on any atom is -0.475 e. The highest BCUT2D eigenvalue weighted by molar-refractivity contribution is 7.07. The molecule has 2 fully saturated rings. The molecule has 32 heavy (non-hydrogen) atoms. The van der Waals surface area contributed by atoms with E-state index in [4.69, 9.17) is 24.5 Å². The van der Waals surface area contributed by atoms with E-state index in [0.29, 0.717) is 5.41 Å². The molecule has 2 N–H and O–H groups in total. The highest BCUT2D eigenvalue weighted by Gasteiger charge is 2.40. The minimum atomic E-state index is -5.08. The van der Waals surface area contributed by atoms with Crippen LogP contribution in [0, 0.1) is 5.41 Å². The molecule has 0 aromatic carbocycles. The number of likely N-dealkylation sites (tertiary alicyclic amines) is 1. The van der Waals surface area contributed by atoms with E-state index in [0.717, 1.165) is 26.3 Å². The molecule has 1 unspecified atom stereocenters. The van der Waals surface area contributed by atoms with Crippen LogP contribution in [0.3, 0.4) is 0 Å². The zero-order chi connectivity index (χ0) is 24.6. The molecule has 2 saturated heterocycles. The number of rotatable bonds is 2. The fourth-order valence-corrected chi connectivity index (χ4v) is 3.92. The maximum Gasteiger partial charge on any atom is 0.490 e. The van der Waals surface area contributed by atoms with Gasteiger partial charge in [0.25, 0.3) is 0 Å². The Morgan fingerprint density at radius 2 is 1.66 bits per heavy atom. The van der Waals surface area contributed by atoms with E-state index in [9.17, 15) is 26.3 Å². The molecule has 1 spiro atoms. The van der Waals surface area contributed by atoms with Crippen LogP contribution in [-0.4, -0.2) is 90.7 Å². The van der Waals surface area contributed by atoms with Crippen LogP contribution in [0.4, 0.5) is 26.3 Å². The maximum absolute atomic E-state index is 10.6. The number of nitrogens with zero attached hydrogens (tertiary/aromatic N) is 2. The van der Waals surface area contributed by atoms with E-state index in [1.54, 1.807) is 11.3 Å². The summed E-state index contributed by atoms with van der Waals surface area (Å²) in [7, 11) is 2.23. The lowest BCUT2D eigenvalue weighted by molar-refractivity contribution is -0.193. The van der Waals surface area contributed by atoms with Crippen molar-refractivity contribution in [2.24, 2.45) is 5.41 Å². The van der Waals surface area contributed by atoms with Gasteiger partial charge in [-0.1, -0.05) is 0 Å². The summed E-state index contributed by atoms with van der Waals surface area (Å²) in [6.07, 6.45) is -8.89. The first-order chi connectivity index (χ1) is 14.6. The number of carboxylic acids is 2. The van der Waals surface area contributed by atoms with Crippen LogP contribution in [0.25, 0.3) is 0 Å². The van der Waals surface area contributed by atoms with Gasteiger partial charge in [-0.15, -0.1) is 0 Å². The average Bonchev–Trinajstić information content (AvgIpc) is 3.23. The van der Waals surface area contributed by atoms with Crippen molar-refractivity contribution in [2.75, 3.05) is 46.4 Å². The zero-order valence-corrected chi connectivity index (χ0v) is 17.9. The number of halogens is 6. The fourth-order valence-electron chi connectivity index (χ4n) is 3.26. The molecule has 7 nitrogen and oxygen atoms in total. The Bertz CT molecular complexity index is 704. The monoisotopic (exact) mass is 494 g/mol. The molecule has 14 heteroatoms. The predicted octanol–water partition coefficient (Wildman–Crippen LogP) is 3.17. The smallest absolute Gasteiger partial charge is 0.475 e. The number of carbonyl (C=O) groups is 2. The molecule has 0 amide bonds. The lowest BCUT2D eigenvalue weighted by atomic mass is 9.87. The summed E-state index contributed by atoms with van der Waals surface area (Å²) in [5.41, 5.74) is 1.82. The second-order valence-electron chi connectivity index (χ2n) is 7.49. The Balaban J connectivity index is 0.000000305. The number of carboxylic acid groups (broad SMARTS) is 2. The topological polar surface area (TPSA) is 90.3 Å². The van der Waals surface area contributed by atoms with Crippen molar-refractivity contribution in [3.8, 4) is 0 Å². The molecular weight excluding hydrogens is 470 g/mol. The first-order valence-corrected chi connectivity index (χ1v) is 10.2. The van der Waals surface area contributed by atoms with Gasteiger partial charge < -0.3 is 19.8 Å². The first kappa shape index (κ1) is 28.1. The standard InChI is InChI=1S/C14H22N2OS.2C2HF3O2/c1-15-4-3-14(10-15)11-16(5-6-17-12-14)8-13-2-7-18-9-13;2*3-2(4,5)1(6)7/h2,7,9H,3-6,8,10-12H2,1H3;2*(H,6,7).